The molecule has 2 atom stereocenters. The van der Waals surface area contributed by atoms with Crippen LogP contribution in [0.25, 0.3) is 0 Å². The molecule has 2 aromatic rings. The third kappa shape index (κ3) is 5.38. The number of benzene rings is 2. The lowest BCUT2D eigenvalue weighted by Crippen LogP contribution is -2.38. The van der Waals surface area contributed by atoms with Gasteiger partial charge in [0.1, 0.15) is 5.75 Å². The molecule has 0 saturated heterocycles. The number of amides is 2. The maximum Gasteiger partial charge on any atom is 0.261 e. The van der Waals surface area contributed by atoms with Crippen molar-refractivity contribution < 1.29 is 14.3 Å². The van der Waals surface area contributed by atoms with Crippen molar-refractivity contribution in [2.24, 2.45) is 0 Å². The van der Waals surface area contributed by atoms with Gasteiger partial charge in [0.2, 0.25) is 5.91 Å². The van der Waals surface area contributed by atoms with Gasteiger partial charge in [-0.3, -0.25) is 9.59 Å². The summed E-state index contributed by atoms with van der Waals surface area (Å²) in [6.07, 6.45) is -0.765. The van der Waals surface area contributed by atoms with E-state index in [0.29, 0.717) is 21.5 Å². The minimum absolute atomic E-state index is 0.218. The first-order chi connectivity index (χ1) is 12.3. The zero-order valence-corrected chi connectivity index (χ0v) is 16.2. The zero-order chi connectivity index (χ0) is 19.3. The first kappa shape index (κ1) is 20.1. The van der Waals surface area contributed by atoms with Gasteiger partial charge in [-0.15, -0.1) is 0 Å². The molecule has 2 N–H and O–H groups in total. The highest BCUT2D eigenvalue weighted by Gasteiger charge is 2.20. The first-order valence-electron chi connectivity index (χ1n) is 8.06. The summed E-state index contributed by atoms with van der Waals surface area (Å²) in [6, 6.07) is 11.7. The molecule has 0 aromatic heterocycles. The highest BCUT2D eigenvalue weighted by atomic mass is 35.5. The summed E-state index contributed by atoms with van der Waals surface area (Å²) in [6.45, 7) is 4.87. The van der Waals surface area contributed by atoms with Crippen LogP contribution in [-0.4, -0.2) is 17.9 Å². The summed E-state index contributed by atoms with van der Waals surface area (Å²) in [5, 5.41) is 6.54. The fourth-order valence-electron chi connectivity index (χ4n) is 2.37. The molecule has 0 fully saturated rings. The SMILES string of the molecule is CC(=O)Nc1ccccc1O[C@H](C)C(=O)N[C@@H](C)c1ccc(Cl)cc1Cl. The third-order valence-corrected chi connectivity index (χ3v) is 4.22. The minimum atomic E-state index is -0.765. The fourth-order valence-corrected chi connectivity index (χ4v) is 2.94. The number of rotatable bonds is 6. The Morgan fingerprint density at radius 3 is 2.42 bits per heavy atom. The molecule has 0 spiro atoms. The van der Waals surface area contributed by atoms with Gasteiger partial charge in [-0.1, -0.05) is 41.4 Å². The molecule has 0 aliphatic heterocycles. The Hall–Kier alpha value is -2.24. The normalized spacial score (nSPS) is 12.8. The lowest BCUT2D eigenvalue weighted by atomic mass is 10.1. The number of para-hydroxylation sites is 2. The Bertz CT molecular complexity index is 811. The number of anilines is 1. The summed E-state index contributed by atoms with van der Waals surface area (Å²) in [5.74, 6) is -0.104. The van der Waals surface area contributed by atoms with Crippen molar-refractivity contribution in [3.63, 3.8) is 0 Å². The van der Waals surface area contributed by atoms with Crippen LogP contribution in [0.3, 0.4) is 0 Å². The quantitative estimate of drug-likeness (QED) is 0.752. The Morgan fingerprint density at radius 1 is 1.08 bits per heavy atom. The second-order valence-corrected chi connectivity index (χ2v) is 6.68. The van der Waals surface area contributed by atoms with Crippen molar-refractivity contribution in [1.82, 2.24) is 5.32 Å². The molecule has 138 valence electrons. The number of nitrogens with one attached hydrogen (secondary N) is 2. The number of carbonyl (C=O) groups excluding carboxylic acids is 2. The van der Waals surface area contributed by atoms with E-state index in [2.05, 4.69) is 10.6 Å². The summed E-state index contributed by atoms with van der Waals surface area (Å²) in [4.78, 5) is 23.7. The van der Waals surface area contributed by atoms with E-state index in [1.807, 2.05) is 6.92 Å². The molecule has 0 aliphatic carbocycles. The van der Waals surface area contributed by atoms with Crippen LogP contribution in [-0.2, 0) is 9.59 Å². The number of ether oxygens (including phenoxy) is 1. The topological polar surface area (TPSA) is 67.4 Å². The lowest BCUT2D eigenvalue weighted by molar-refractivity contribution is -0.127. The standard InChI is InChI=1S/C19H20Cl2N2O3/c1-11(15-9-8-14(20)10-16(15)21)22-19(25)12(2)26-18-7-5-4-6-17(18)23-13(3)24/h4-12H,1-3H3,(H,22,25)(H,23,24)/t11-,12+/m0/s1. The molecular weight excluding hydrogens is 375 g/mol. The second kappa shape index (κ2) is 8.92. The van der Waals surface area contributed by atoms with Crippen molar-refractivity contribution in [2.45, 2.75) is 32.9 Å². The number of hydrogen-bond acceptors (Lipinski definition) is 3. The smallest absolute Gasteiger partial charge is 0.261 e. The molecule has 0 bridgehead atoms. The third-order valence-electron chi connectivity index (χ3n) is 3.66. The van der Waals surface area contributed by atoms with E-state index in [-0.39, 0.29) is 17.9 Å². The molecule has 2 amide bonds. The molecule has 0 aliphatic rings. The summed E-state index contributed by atoms with van der Waals surface area (Å²) in [7, 11) is 0. The molecule has 0 saturated carbocycles. The van der Waals surface area contributed by atoms with E-state index in [9.17, 15) is 9.59 Å². The van der Waals surface area contributed by atoms with Gasteiger partial charge >= 0.3 is 0 Å². The van der Waals surface area contributed by atoms with E-state index in [1.165, 1.54) is 6.92 Å². The van der Waals surface area contributed by atoms with Gasteiger partial charge in [-0.05, 0) is 43.7 Å². The van der Waals surface area contributed by atoms with E-state index in [1.54, 1.807) is 49.4 Å². The van der Waals surface area contributed by atoms with Crippen LogP contribution >= 0.6 is 23.2 Å². The molecular formula is C19H20Cl2N2O3. The molecule has 0 heterocycles. The number of carbonyl (C=O) groups is 2. The average Bonchev–Trinajstić information content (AvgIpc) is 2.55. The zero-order valence-electron chi connectivity index (χ0n) is 14.7. The van der Waals surface area contributed by atoms with E-state index < -0.39 is 6.10 Å². The van der Waals surface area contributed by atoms with Crippen LogP contribution in [0.5, 0.6) is 5.75 Å². The van der Waals surface area contributed by atoms with Gasteiger partial charge in [-0.25, -0.2) is 0 Å². The number of hydrogen-bond donors (Lipinski definition) is 2. The second-order valence-electron chi connectivity index (χ2n) is 5.83. The Kier molecular flexibility index (Phi) is 6.89. The highest BCUT2D eigenvalue weighted by Crippen LogP contribution is 2.27. The maximum atomic E-state index is 12.5. The Morgan fingerprint density at radius 2 is 1.77 bits per heavy atom. The minimum Gasteiger partial charge on any atom is -0.479 e. The summed E-state index contributed by atoms with van der Waals surface area (Å²) in [5.41, 5.74) is 1.27. The maximum absolute atomic E-state index is 12.5. The van der Waals surface area contributed by atoms with Crippen molar-refractivity contribution >= 4 is 40.7 Å². The first-order valence-corrected chi connectivity index (χ1v) is 8.82. The lowest BCUT2D eigenvalue weighted by Gasteiger charge is -2.21. The number of halogens is 2. The van der Waals surface area contributed by atoms with Gasteiger partial charge in [0.25, 0.3) is 5.91 Å². The van der Waals surface area contributed by atoms with E-state index >= 15 is 0 Å². The van der Waals surface area contributed by atoms with Crippen LogP contribution in [0.4, 0.5) is 5.69 Å². The molecule has 7 heteroatoms. The molecule has 26 heavy (non-hydrogen) atoms. The predicted molar refractivity (Wildman–Crippen MR) is 104 cm³/mol. The largest absolute Gasteiger partial charge is 0.479 e. The van der Waals surface area contributed by atoms with Gasteiger partial charge in [-0.2, -0.15) is 0 Å². The van der Waals surface area contributed by atoms with Crippen molar-refractivity contribution in [3.05, 3.63) is 58.1 Å². The van der Waals surface area contributed by atoms with Crippen LogP contribution in [0.15, 0.2) is 42.5 Å². The van der Waals surface area contributed by atoms with Crippen molar-refractivity contribution in [2.75, 3.05) is 5.32 Å². The Labute approximate surface area is 162 Å². The summed E-state index contributed by atoms with van der Waals surface area (Å²) >= 11 is 12.1. The van der Waals surface area contributed by atoms with Gasteiger partial charge in [0, 0.05) is 17.0 Å². The van der Waals surface area contributed by atoms with Gasteiger partial charge in [0.05, 0.1) is 11.7 Å². The molecule has 2 aromatic carbocycles. The molecule has 0 unspecified atom stereocenters. The van der Waals surface area contributed by atoms with E-state index in [0.717, 1.165) is 5.56 Å². The molecule has 5 nitrogen and oxygen atoms in total. The highest BCUT2D eigenvalue weighted by molar-refractivity contribution is 6.35. The van der Waals surface area contributed by atoms with Crippen molar-refractivity contribution in [3.8, 4) is 5.75 Å². The average molecular weight is 395 g/mol. The van der Waals surface area contributed by atoms with Gasteiger partial charge in [0.15, 0.2) is 6.10 Å². The molecule has 2 rings (SSSR count). The fraction of sp³-hybridized carbons (Fsp3) is 0.263. The van der Waals surface area contributed by atoms with Crippen LogP contribution in [0.1, 0.15) is 32.4 Å². The van der Waals surface area contributed by atoms with Crippen LogP contribution < -0.4 is 15.4 Å². The van der Waals surface area contributed by atoms with E-state index in [4.69, 9.17) is 27.9 Å². The predicted octanol–water partition coefficient (Wildman–Crippen LogP) is 4.60. The van der Waals surface area contributed by atoms with Gasteiger partial charge < -0.3 is 15.4 Å². The summed E-state index contributed by atoms with van der Waals surface area (Å²) < 4.78 is 5.71. The monoisotopic (exact) mass is 394 g/mol. The van der Waals surface area contributed by atoms with Crippen LogP contribution in [0.2, 0.25) is 10.0 Å². The Balaban J connectivity index is 2.05. The van der Waals surface area contributed by atoms with Crippen molar-refractivity contribution in [1.29, 1.82) is 0 Å². The van der Waals surface area contributed by atoms with Crippen LogP contribution in [0, 0.1) is 0 Å². The molecule has 0 radical (unpaired) electrons.